The Hall–Kier alpha value is -1.72. The van der Waals surface area contributed by atoms with Gasteiger partial charge in [0.2, 0.25) is 0 Å². The number of anilines is 1. The molecule has 0 radical (unpaired) electrons. The molecule has 0 bridgehead atoms. The number of hydrogen-bond donors (Lipinski definition) is 1. The van der Waals surface area contributed by atoms with E-state index in [1.54, 1.807) is 30.3 Å². The molecular formula is C15H16ClNO3S. The predicted molar refractivity (Wildman–Crippen MR) is 84.5 cm³/mol. The molecule has 2 aromatic carbocycles. The Morgan fingerprint density at radius 3 is 2.43 bits per heavy atom. The largest absolute Gasteiger partial charge is 0.491 e. The van der Waals surface area contributed by atoms with Gasteiger partial charge in [0.25, 0.3) is 0 Å². The SMILES string of the molecule is Nc1ccccc1OCCCS(=O)(=O)c1ccccc1Cl. The molecule has 2 aromatic rings. The summed E-state index contributed by atoms with van der Waals surface area (Å²) in [5, 5.41) is 0.241. The third-order valence-electron chi connectivity index (χ3n) is 2.91. The van der Waals surface area contributed by atoms with Gasteiger partial charge in [-0.15, -0.1) is 0 Å². The van der Waals surface area contributed by atoms with Crippen LogP contribution in [0, 0.1) is 0 Å². The van der Waals surface area contributed by atoms with Crippen molar-refractivity contribution in [2.45, 2.75) is 11.3 Å². The first-order valence-electron chi connectivity index (χ1n) is 6.45. The third kappa shape index (κ3) is 4.12. The lowest BCUT2D eigenvalue weighted by Crippen LogP contribution is -2.11. The van der Waals surface area contributed by atoms with E-state index in [-0.39, 0.29) is 22.3 Å². The number of nitrogen functional groups attached to an aromatic ring is 1. The molecular weight excluding hydrogens is 310 g/mol. The predicted octanol–water partition coefficient (Wildman–Crippen LogP) is 3.17. The molecule has 2 rings (SSSR count). The van der Waals surface area contributed by atoms with Gasteiger partial charge in [0.15, 0.2) is 9.84 Å². The van der Waals surface area contributed by atoms with Gasteiger partial charge < -0.3 is 10.5 Å². The van der Waals surface area contributed by atoms with Gasteiger partial charge >= 0.3 is 0 Å². The van der Waals surface area contributed by atoms with E-state index in [0.717, 1.165) is 0 Å². The molecule has 112 valence electrons. The van der Waals surface area contributed by atoms with Crippen molar-refractivity contribution in [2.75, 3.05) is 18.1 Å². The van der Waals surface area contributed by atoms with Crippen LogP contribution in [0.2, 0.25) is 5.02 Å². The topological polar surface area (TPSA) is 69.4 Å². The molecule has 0 aliphatic rings. The highest BCUT2D eigenvalue weighted by Crippen LogP contribution is 2.23. The average molecular weight is 326 g/mol. The van der Waals surface area contributed by atoms with Crippen LogP contribution in [-0.2, 0) is 9.84 Å². The molecule has 0 atom stereocenters. The van der Waals surface area contributed by atoms with Gasteiger partial charge in [0.05, 0.1) is 28.0 Å². The molecule has 0 amide bonds. The lowest BCUT2D eigenvalue weighted by atomic mass is 10.3. The molecule has 21 heavy (non-hydrogen) atoms. The maximum Gasteiger partial charge on any atom is 0.179 e. The summed E-state index contributed by atoms with van der Waals surface area (Å²) in [6, 6.07) is 13.5. The zero-order valence-corrected chi connectivity index (χ0v) is 12.9. The molecule has 0 aromatic heterocycles. The molecule has 2 N–H and O–H groups in total. The fourth-order valence-corrected chi connectivity index (χ4v) is 3.71. The van der Waals surface area contributed by atoms with Crippen LogP contribution in [0.1, 0.15) is 6.42 Å². The molecule has 0 heterocycles. The van der Waals surface area contributed by atoms with E-state index >= 15 is 0 Å². The van der Waals surface area contributed by atoms with Crippen molar-refractivity contribution in [1.82, 2.24) is 0 Å². The van der Waals surface area contributed by atoms with E-state index < -0.39 is 9.84 Å². The Balaban J connectivity index is 1.92. The summed E-state index contributed by atoms with van der Waals surface area (Å²) in [6.07, 6.45) is 0.363. The first-order chi connectivity index (χ1) is 10.0. The van der Waals surface area contributed by atoms with Crippen molar-refractivity contribution in [2.24, 2.45) is 0 Å². The number of rotatable bonds is 6. The standard InChI is InChI=1S/C15H16ClNO3S/c16-12-6-1-4-9-15(12)21(18,19)11-5-10-20-14-8-3-2-7-13(14)17/h1-4,6-9H,5,10-11,17H2. The van der Waals surface area contributed by atoms with Crippen LogP contribution in [0.5, 0.6) is 5.75 Å². The summed E-state index contributed by atoms with van der Waals surface area (Å²) < 4.78 is 29.8. The van der Waals surface area contributed by atoms with Gasteiger partial charge in [-0.2, -0.15) is 0 Å². The number of hydrogen-bond acceptors (Lipinski definition) is 4. The summed E-state index contributed by atoms with van der Waals surface area (Å²) >= 11 is 5.91. The molecule has 0 unspecified atom stereocenters. The monoisotopic (exact) mass is 325 g/mol. The molecule has 4 nitrogen and oxygen atoms in total. The van der Waals surface area contributed by atoms with Crippen LogP contribution in [0.3, 0.4) is 0 Å². The van der Waals surface area contributed by atoms with Crippen LogP contribution in [-0.4, -0.2) is 20.8 Å². The Kier molecular flexibility index (Phi) is 5.09. The van der Waals surface area contributed by atoms with Gasteiger partial charge in [0, 0.05) is 0 Å². The summed E-state index contributed by atoms with van der Waals surface area (Å²) in [5.74, 6) is 0.538. The van der Waals surface area contributed by atoms with Crippen LogP contribution in [0.15, 0.2) is 53.4 Å². The number of ether oxygens (including phenoxy) is 1. The Morgan fingerprint density at radius 1 is 1.05 bits per heavy atom. The minimum absolute atomic E-state index is 0.0243. The van der Waals surface area contributed by atoms with Gasteiger partial charge in [0.1, 0.15) is 5.75 Å². The molecule has 0 saturated carbocycles. The minimum Gasteiger partial charge on any atom is -0.491 e. The highest BCUT2D eigenvalue weighted by molar-refractivity contribution is 7.91. The first-order valence-corrected chi connectivity index (χ1v) is 8.48. The second-order valence-electron chi connectivity index (χ2n) is 4.49. The quantitative estimate of drug-likeness (QED) is 0.654. The Bertz CT molecular complexity index is 716. The summed E-state index contributed by atoms with van der Waals surface area (Å²) in [4.78, 5) is 0.158. The molecule has 0 aliphatic carbocycles. The van der Waals surface area contributed by atoms with Crippen LogP contribution < -0.4 is 10.5 Å². The summed E-state index contributed by atoms with van der Waals surface area (Å²) in [7, 11) is -3.40. The van der Waals surface area contributed by atoms with E-state index in [1.807, 2.05) is 12.1 Å². The Morgan fingerprint density at radius 2 is 1.71 bits per heavy atom. The van der Waals surface area contributed by atoms with Crippen molar-refractivity contribution in [3.63, 3.8) is 0 Å². The lowest BCUT2D eigenvalue weighted by molar-refractivity contribution is 0.319. The number of sulfone groups is 1. The summed E-state index contributed by atoms with van der Waals surface area (Å²) in [6.45, 7) is 0.276. The fourth-order valence-electron chi connectivity index (χ4n) is 1.85. The van der Waals surface area contributed by atoms with Gasteiger partial charge in [-0.05, 0) is 30.7 Å². The minimum atomic E-state index is -3.40. The average Bonchev–Trinajstić information content (AvgIpc) is 2.45. The maximum atomic E-state index is 12.2. The highest BCUT2D eigenvalue weighted by atomic mass is 35.5. The zero-order chi connectivity index (χ0) is 15.3. The zero-order valence-electron chi connectivity index (χ0n) is 11.3. The van der Waals surface area contributed by atoms with Crippen molar-refractivity contribution in [3.05, 3.63) is 53.6 Å². The van der Waals surface area contributed by atoms with E-state index in [0.29, 0.717) is 17.9 Å². The molecule has 0 saturated heterocycles. The molecule has 6 heteroatoms. The molecule has 0 spiro atoms. The Labute approximate surface area is 129 Å². The smallest absolute Gasteiger partial charge is 0.179 e. The number of halogens is 1. The van der Waals surface area contributed by atoms with E-state index in [2.05, 4.69) is 0 Å². The second-order valence-corrected chi connectivity index (χ2v) is 6.97. The number of nitrogens with two attached hydrogens (primary N) is 1. The first kappa shape index (κ1) is 15.7. The van der Waals surface area contributed by atoms with Gasteiger partial charge in [-0.3, -0.25) is 0 Å². The highest BCUT2D eigenvalue weighted by Gasteiger charge is 2.17. The fraction of sp³-hybridized carbons (Fsp3) is 0.200. The van der Waals surface area contributed by atoms with Crippen LogP contribution in [0.4, 0.5) is 5.69 Å². The van der Waals surface area contributed by atoms with Crippen molar-refractivity contribution >= 4 is 27.1 Å². The van der Waals surface area contributed by atoms with Crippen LogP contribution >= 0.6 is 11.6 Å². The van der Waals surface area contributed by atoms with E-state index in [1.165, 1.54) is 6.07 Å². The van der Waals surface area contributed by atoms with Crippen molar-refractivity contribution < 1.29 is 13.2 Å². The van der Waals surface area contributed by atoms with Gasteiger partial charge in [-0.1, -0.05) is 35.9 Å². The lowest BCUT2D eigenvalue weighted by Gasteiger charge is -2.09. The molecule has 0 aliphatic heterocycles. The summed E-state index contributed by atoms with van der Waals surface area (Å²) in [5.41, 5.74) is 6.27. The number of para-hydroxylation sites is 2. The molecule has 0 fully saturated rings. The number of benzene rings is 2. The van der Waals surface area contributed by atoms with Gasteiger partial charge in [-0.25, -0.2) is 8.42 Å². The van der Waals surface area contributed by atoms with Crippen molar-refractivity contribution in [3.8, 4) is 5.75 Å². The normalized spacial score (nSPS) is 11.3. The van der Waals surface area contributed by atoms with E-state index in [4.69, 9.17) is 22.1 Å². The maximum absolute atomic E-state index is 12.2. The third-order valence-corrected chi connectivity index (χ3v) is 5.20. The van der Waals surface area contributed by atoms with Crippen LogP contribution in [0.25, 0.3) is 0 Å². The second kappa shape index (κ2) is 6.83. The van der Waals surface area contributed by atoms with E-state index in [9.17, 15) is 8.42 Å². The van der Waals surface area contributed by atoms with Crippen molar-refractivity contribution in [1.29, 1.82) is 0 Å².